The van der Waals surface area contributed by atoms with E-state index >= 15 is 0 Å². The Hall–Kier alpha value is -1.04. The lowest BCUT2D eigenvalue weighted by atomic mass is 10.0. The van der Waals surface area contributed by atoms with Crippen LogP contribution in [0.5, 0.6) is 0 Å². The molecule has 0 fully saturated rings. The van der Waals surface area contributed by atoms with Crippen LogP contribution in [0.3, 0.4) is 0 Å². The molecule has 0 N–H and O–H groups in total. The standard InChI is InChI=1S/C15H24/c1-6-9-11-14(8-3)12-15(10-7-2)13(4)5/h7,10-12H,4,6,8-9H2,1-3,5H3. The molecule has 0 unspecified atom stereocenters. The topological polar surface area (TPSA) is 0 Å². The van der Waals surface area contributed by atoms with Crippen LogP contribution in [0.25, 0.3) is 0 Å². The first kappa shape index (κ1) is 14.0. The maximum absolute atomic E-state index is 3.99. The van der Waals surface area contributed by atoms with E-state index in [4.69, 9.17) is 0 Å². The molecule has 0 aromatic heterocycles. The summed E-state index contributed by atoms with van der Waals surface area (Å²) in [6.07, 6.45) is 12.2. The lowest BCUT2D eigenvalue weighted by Gasteiger charge is -2.03. The van der Waals surface area contributed by atoms with E-state index in [0.717, 1.165) is 12.0 Å². The van der Waals surface area contributed by atoms with E-state index in [1.165, 1.54) is 24.0 Å². The second-order valence-corrected chi connectivity index (χ2v) is 3.80. The van der Waals surface area contributed by atoms with Gasteiger partial charge in [-0.25, -0.2) is 0 Å². The molecule has 0 heterocycles. The molecule has 0 radical (unpaired) electrons. The molecule has 0 rings (SSSR count). The summed E-state index contributed by atoms with van der Waals surface area (Å²) in [6, 6.07) is 0. The van der Waals surface area contributed by atoms with Gasteiger partial charge >= 0.3 is 0 Å². The number of rotatable bonds is 6. The number of hydrogen-bond acceptors (Lipinski definition) is 0. The lowest BCUT2D eigenvalue weighted by Crippen LogP contribution is -1.83. The molecule has 0 saturated heterocycles. The molecule has 0 heteroatoms. The highest BCUT2D eigenvalue weighted by Gasteiger charge is 1.95. The van der Waals surface area contributed by atoms with Crippen LogP contribution in [0.4, 0.5) is 0 Å². The first-order valence-electron chi connectivity index (χ1n) is 5.84. The van der Waals surface area contributed by atoms with E-state index in [0.29, 0.717) is 0 Å². The normalized spacial score (nSPS) is 13.6. The zero-order valence-electron chi connectivity index (χ0n) is 10.6. The van der Waals surface area contributed by atoms with Crippen molar-refractivity contribution in [1.29, 1.82) is 0 Å². The van der Waals surface area contributed by atoms with Crippen molar-refractivity contribution in [2.45, 2.75) is 47.0 Å². The van der Waals surface area contributed by atoms with Gasteiger partial charge in [-0.15, -0.1) is 0 Å². The van der Waals surface area contributed by atoms with Crippen molar-refractivity contribution >= 4 is 0 Å². The molecule has 0 aromatic carbocycles. The molecule has 0 amide bonds. The van der Waals surface area contributed by atoms with E-state index in [9.17, 15) is 0 Å². The Kier molecular flexibility index (Phi) is 7.71. The van der Waals surface area contributed by atoms with Crippen molar-refractivity contribution in [3.8, 4) is 0 Å². The van der Waals surface area contributed by atoms with Crippen LogP contribution < -0.4 is 0 Å². The summed E-state index contributed by atoms with van der Waals surface area (Å²) >= 11 is 0. The molecule has 0 bridgehead atoms. The molecule has 0 saturated carbocycles. The number of allylic oxidation sites excluding steroid dienone is 7. The zero-order valence-corrected chi connectivity index (χ0v) is 10.6. The van der Waals surface area contributed by atoms with Crippen LogP contribution in [0.2, 0.25) is 0 Å². The minimum atomic E-state index is 1.09. The third-order valence-electron chi connectivity index (χ3n) is 2.28. The molecule has 0 atom stereocenters. The molecular weight excluding hydrogens is 180 g/mol. The average Bonchev–Trinajstić information content (AvgIpc) is 2.22. The third-order valence-corrected chi connectivity index (χ3v) is 2.28. The highest BCUT2D eigenvalue weighted by molar-refractivity contribution is 5.41. The number of unbranched alkanes of at least 4 members (excludes halogenated alkanes) is 1. The van der Waals surface area contributed by atoms with Crippen LogP contribution in [0.15, 0.2) is 47.6 Å². The van der Waals surface area contributed by atoms with Crippen LogP contribution in [0, 0.1) is 0 Å². The molecule has 0 aliphatic heterocycles. The quantitative estimate of drug-likeness (QED) is 0.521. The average molecular weight is 204 g/mol. The van der Waals surface area contributed by atoms with Gasteiger partial charge in [0.25, 0.3) is 0 Å². The first-order chi connectivity index (χ1) is 7.15. The van der Waals surface area contributed by atoms with Gasteiger partial charge in [-0.3, -0.25) is 0 Å². The maximum Gasteiger partial charge on any atom is -0.0234 e. The summed E-state index contributed by atoms with van der Waals surface area (Å²) < 4.78 is 0. The fraction of sp³-hybridized carbons (Fsp3) is 0.467. The lowest BCUT2D eigenvalue weighted by molar-refractivity contribution is 0.942. The van der Waals surface area contributed by atoms with E-state index in [2.05, 4.69) is 51.7 Å². The van der Waals surface area contributed by atoms with Crippen molar-refractivity contribution in [1.82, 2.24) is 0 Å². The molecule has 0 aliphatic carbocycles. The second kappa shape index (κ2) is 8.28. The Balaban J connectivity index is 4.83. The van der Waals surface area contributed by atoms with Crippen LogP contribution in [-0.4, -0.2) is 0 Å². The van der Waals surface area contributed by atoms with Gasteiger partial charge in [-0.1, -0.05) is 62.3 Å². The Morgan fingerprint density at radius 3 is 2.33 bits per heavy atom. The van der Waals surface area contributed by atoms with Crippen molar-refractivity contribution in [2.24, 2.45) is 0 Å². The van der Waals surface area contributed by atoms with E-state index in [-0.39, 0.29) is 0 Å². The summed E-state index contributed by atoms with van der Waals surface area (Å²) in [6.45, 7) is 12.5. The van der Waals surface area contributed by atoms with Crippen LogP contribution in [-0.2, 0) is 0 Å². The highest BCUT2D eigenvalue weighted by atomic mass is 14.0. The van der Waals surface area contributed by atoms with Crippen molar-refractivity contribution < 1.29 is 0 Å². The second-order valence-electron chi connectivity index (χ2n) is 3.80. The number of hydrogen-bond donors (Lipinski definition) is 0. The maximum atomic E-state index is 3.99. The Labute approximate surface area is 95.1 Å². The van der Waals surface area contributed by atoms with E-state index in [1.54, 1.807) is 0 Å². The summed E-state index contributed by atoms with van der Waals surface area (Å²) in [5, 5.41) is 0. The van der Waals surface area contributed by atoms with E-state index in [1.807, 2.05) is 6.92 Å². The van der Waals surface area contributed by atoms with Crippen molar-refractivity contribution in [2.75, 3.05) is 0 Å². The van der Waals surface area contributed by atoms with Gasteiger partial charge in [0.15, 0.2) is 0 Å². The van der Waals surface area contributed by atoms with Gasteiger partial charge in [0.2, 0.25) is 0 Å². The zero-order chi connectivity index (χ0) is 11.7. The molecule has 0 spiro atoms. The van der Waals surface area contributed by atoms with Gasteiger partial charge in [0.1, 0.15) is 0 Å². The summed E-state index contributed by atoms with van der Waals surface area (Å²) in [7, 11) is 0. The largest absolute Gasteiger partial charge is 0.0955 e. The van der Waals surface area contributed by atoms with Gasteiger partial charge in [0.05, 0.1) is 0 Å². The minimum absolute atomic E-state index is 1.09. The summed E-state index contributed by atoms with van der Waals surface area (Å²) in [5.41, 5.74) is 3.78. The molecule has 0 nitrogen and oxygen atoms in total. The monoisotopic (exact) mass is 204 g/mol. The fourth-order valence-electron chi connectivity index (χ4n) is 1.33. The van der Waals surface area contributed by atoms with Gasteiger partial charge in [0, 0.05) is 0 Å². The minimum Gasteiger partial charge on any atom is -0.0955 e. The summed E-state index contributed by atoms with van der Waals surface area (Å²) in [5.74, 6) is 0. The predicted octanol–water partition coefficient (Wildman–Crippen LogP) is 5.20. The van der Waals surface area contributed by atoms with Crippen molar-refractivity contribution in [3.63, 3.8) is 0 Å². The van der Waals surface area contributed by atoms with Gasteiger partial charge in [-0.2, -0.15) is 0 Å². The van der Waals surface area contributed by atoms with Crippen LogP contribution in [0.1, 0.15) is 47.0 Å². The molecule has 15 heavy (non-hydrogen) atoms. The first-order valence-corrected chi connectivity index (χ1v) is 5.84. The Morgan fingerprint density at radius 2 is 1.93 bits per heavy atom. The van der Waals surface area contributed by atoms with Gasteiger partial charge in [-0.05, 0) is 32.3 Å². The summed E-state index contributed by atoms with van der Waals surface area (Å²) in [4.78, 5) is 0. The Morgan fingerprint density at radius 1 is 1.27 bits per heavy atom. The fourth-order valence-corrected chi connectivity index (χ4v) is 1.33. The van der Waals surface area contributed by atoms with Crippen molar-refractivity contribution in [3.05, 3.63) is 47.6 Å². The highest BCUT2D eigenvalue weighted by Crippen LogP contribution is 2.15. The van der Waals surface area contributed by atoms with Crippen LogP contribution >= 0.6 is 0 Å². The smallest absolute Gasteiger partial charge is 0.0234 e. The van der Waals surface area contributed by atoms with Gasteiger partial charge < -0.3 is 0 Å². The predicted molar refractivity (Wildman–Crippen MR) is 71.0 cm³/mol. The molecule has 84 valence electrons. The van der Waals surface area contributed by atoms with E-state index < -0.39 is 0 Å². The third kappa shape index (κ3) is 6.11. The molecule has 0 aromatic rings. The SMILES string of the molecule is C=C(C)C(C=CC)=CC(=CCCC)CC. The molecule has 0 aliphatic rings. The Bertz CT molecular complexity index is 274. The molecular formula is C15H24.